The van der Waals surface area contributed by atoms with Gasteiger partial charge in [0.15, 0.2) is 0 Å². The first kappa shape index (κ1) is 12.5. The average molecular weight is 254 g/mol. The number of rotatable bonds is 3. The molecule has 2 heterocycles. The van der Waals surface area contributed by atoms with Gasteiger partial charge in [-0.3, -0.25) is 4.90 Å². The van der Waals surface area contributed by atoms with Gasteiger partial charge in [0.25, 0.3) is 0 Å². The first-order valence-electron chi connectivity index (χ1n) is 5.98. The largest absolute Gasteiger partial charge is 0.476 e. The van der Waals surface area contributed by atoms with Crippen molar-refractivity contribution in [1.82, 2.24) is 9.88 Å². The van der Waals surface area contributed by atoms with Gasteiger partial charge in [0.1, 0.15) is 0 Å². The van der Waals surface area contributed by atoms with Crippen molar-refractivity contribution in [2.45, 2.75) is 39.3 Å². The van der Waals surface area contributed by atoms with Gasteiger partial charge in [-0.15, -0.1) is 11.3 Å². The van der Waals surface area contributed by atoms with Crippen LogP contribution >= 0.6 is 11.3 Å². The summed E-state index contributed by atoms with van der Waals surface area (Å²) in [6, 6.07) is 0.571. The summed E-state index contributed by atoms with van der Waals surface area (Å²) >= 11 is 1.21. The molecule has 1 fully saturated rings. The topological polar surface area (TPSA) is 53.4 Å². The Bertz CT molecular complexity index is 405. The third kappa shape index (κ3) is 3.04. The Kier molecular flexibility index (Phi) is 3.79. The normalized spacial score (nSPS) is 26.0. The van der Waals surface area contributed by atoms with Crippen molar-refractivity contribution < 1.29 is 9.90 Å². The molecule has 0 amide bonds. The van der Waals surface area contributed by atoms with Crippen molar-refractivity contribution in [3.8, 4) is 0 Å². The van der Waals surface area contributed by atoms with Crippen LogP contribution in [0.2, 0.25) is 0 Å². The number of nitrogens with zero attached hydrogens (tertiary/aromatic N) is 2. The Balaban J connectivity index is 2.01. The number of hydrogen-bond donors (Lipinski definition) is 1. The molecule has 1 N–H and O–H groups in total. The Morgan fingerprint density at radius 3 is 3.00 bits per heavy atom. The van der Waals surface area contributed by atoms with Crippen LogP contribution in [0, 0.1) is 5.92 Å². The predicted molar refractivity (Wildman–Crippen MR) is 67.3 cm³/mol. The number of aromatic nitrogens is 1. The summed E-state index contributed by atoms with van der Waals surface area (Å²) in [7, 11) is 0. The van der Waals surface area contributed by atoms with Crippen LogP contribution in [0.4, 0.5) is 0 Å². The van der Waals surface area contributed by atoms with E-state index in [-0.39, 0.29) is 5.01 Å². The summed E-state index contributed by atoms with van der Waals surface area (Å²) in [5.41, 5.74) is 0.883. The maximum atomic E-state index is 10.8. The highest BCUT2D eigenvalue weighted by atomic mass is 32.1. The Morgan fingerprint density at radius 2 is 2.35 bits per heavy atom. The van der Waals surface area contributed by atoms with Crippen LogP contribution in [-0.4, -0.2) is 33.5 Å². The van der Waals surface area contributed by atoms with E-state index in [1.165, 1.54) is 24.2 Å². The molecule has 1 aromatic heterocycles. The number of hydrogen-bond acceptors (Lipinski definition) is 4. The lowest BCUT2D eigenvalue weighted by atomic mass is 9.95. The molecular formula is C12H18N2O2S. The molecule has 1 aliphatic rings. The summed E-state index contributed by atoms with van der Waals surface area (Å²) in [5.74, 6) is -0.204. The van der Waals surface area contributed by atoms with E-state index in [9.17, 15) is 4.79 Å². The molecule has 2 atom stereocenters. The van der Waals surface area contributed by atoms with Crippen molar-refractivity contribution >= 4 is 17.3 Å². The van der Waals surface area contributed by atoms with Gasteiger partial charge in [0, 0.05) is 24.5 Å². The van der Waals surface area contributed by atoms with Gasteiger partial charge in [-0.2, -0.15) is 0 Å². The summed E-state index contributed by atoms with van der Waals surface area (Å²) in [6.07, 6.45) is 2.51. The summed E-state index contributed by atoms with van der Waals surface area (Å²) in [6.45, 7) is 6.36. The van der Waals surface area contributed by atoms with Crippen LogP contribution in [0.1, 0.15) is 42.2 Å². The monoisotopic (exact) mass is 254 g/mol. The summed E-state index contributed by atoms with van der Waals surface area (Å²) in [5, 5.41) is 10.9. The fourth-order valence-electron chi connectivity index (χ4n) is 2.29. The van der Waals surface area contributed by atoms with Crippen molar-refractivity contribution in [2.75, 3.05) is 6.54 Å². The zero-order valence-corrected chi connectivity index (χ0v) is 11.0. The molecule has 1 aromatic rings. The van der Waals surface area contributed by atoms with Crippen molar-refractivity contribution in [3.63, 3.8) is 0 Å². The summed E-state index contributed by atoms with van der Waals surface area (Å²) < 4.78 is 0. The maximum absolute atomic E-state index is 10.8. The second kappa shape index (κ2) is 5.14. The number of likely N-dealkylation sites (tertiary alicyclic amines) is 1. The molecule has 1 saturated heterocycles. The van der Waals surface area contributed by atoms with Crippen LogP contribution in [0.15, 0.2) is 5.38 Å². The lowest BCUT2D eigenvalue weighted by molar-refractivity contribution is 0.0695. The highest BCUT2D eigenvalue weighted by Gasteiger charge is 2.23. The molecule has 2 rings (SSSR count). The minimum absolute atomic E-state index is 0.192. The molecule has 94 valence electrons. The zero-order valence-electron chi connectivity index (χ0n) is 10.2. The molecule has 5 heteroatoms. The SMILES string of the molecule is CC1CCC(C)N(Cc2csc(C(=O)O)n2)C1. The van der Waals surface area contributed by atoms with Crippen molar-refractivity contribution in [1.29, 1.82) is 0 Å². The van der Waals surface area contributed by atoms with E-state index in [0.29, 0.717) is 6.04 Å². The summed E-state index contributed by atoms with van der Waals surface area (Å²) in [4.78, 5) is 17.3. The van der Waals surface area contributed by atoms with E-state index < -0.39 is 5.97 Å². The second-order valence-electron chi connectivity index (χ2n) is 4.91. The molecule has 17 heavy (non-hydrogen) atoms. The highest BCUT2D eigenvalue weighted by molar-refractivity contribution is 7.11. The van der Waals surface area contributed by atoms with E-state index in [0.717, 1.165) is 24.7 Å². The van der Waals surface area contributed by atoms with Crippen LogP contribution < -0.4 is 0 Å². The molecule has 4 nitrogen and oxygen atoms in total. The van der Waals surface area contributed by atoms with Crippen molar-refractivity contribution in [3.05, 3.63) is 16.1 Å². The van der Waals surface area contributed by atoms with Gasteiger partial charge in [0.2, 0.25) is 5.01 Å². The van der Waals surface area contributed by atoms with E-state index >= 15 is 0 Å². The van der Waals surface area contributed by atoms with Gasteiger partial charge in [-0.25, -0.2) is 9.78 Å². The van der Waals surface area contributed by atoms with Gasteiger partial charge in [-0.1, -0.05) is 6.92 Å². The number of carboxylic acid groups (broad SMARTS) is 1. The number of carbonyl (C=O) groups is 1. The molecule has 2 unspecified atom stereocenters. The van der Waals surface area contributed by atoms with Crippen molar-refractivity contribution in [2.24, 2.45) is 5.92 Å². The molecule has 0 aromatic carbocycles. The molecule has 1 aliphatic heterocycles. The standard InChI is InChI=1S/C12H18N2O2S/c1-8-3-4-9(2)14(5-8)6-10-7-17-11(13-10)12(15)16/h7-9H,3-6H2,1-2H3,(H,15,16). The number of thiazole rings is 1. The Morgan fingerprint density at radius 1 is 1.59 bits per heavy atom. The first-order valence-corrected chi connectivity index (χ1v) is 6.86. The van der Waals surface area contributed by atoms with Gasteiger partial charge in [0.05, 0.1) is 5.69 Å². The average Bonchev–Trinajstić information content (AvgIpc) is 2.72. The van der Waals surface area contributed by atoms with Crippen LogP contribution in [0.25, 0.3) is 0 Å². The van der Waals surface area contributed by atoms with E-state index in [4.69, 9.17) is 5.11 Å². The number of piperidine rings is 1. The molecule has 0 radical (unpaired) electrons. The third-order valence-electron chi connectivity index (χ3n) is 3.35. The fourth-order valence-corrected chi connectivity index (χ4v) is 2.93. The van der Waals surface area contributed by atoms with Crippen LogP contribution in [-0.2, 0) is 6.54 Å². The lowest BCUT2D eigenvalue weighted by Crippen LogP contribution is -2.40. The first-order chi connectivity index (χ1) is 8.06. The van der Waals surface area contributed by atoms with E-state index in [1.54, 1.807) is 0 Å². The Labute approximate surface area is 105 Å². The number of aromatic carboxylic acids is 1. The molecule has 0 bridgehead atoms. The minimum atomic E-state index is -0.929. The zero-order chi connectivity index (χ0) is 12.4. The van der Waals surface area contributed by atoms with E-state index in [1.807, 2.05) is 5.38 Å². The van der Waals surface area contributed by atoms with Gasteiger partial charge in [-0.05, 0) is 25.7 Å². The second-order valence-corrected chi connectivity index (χ2v) is 5.77. The van der Waals surface area contributed by atoms with Crippen LogP contribution in [0.5, 0.6) is 0 Å². The molecule has 0 aliphatic carbocycles. The van der Waals surface area contributed by atoms with Gasteiger partial charge < -0.3 is 5.11 Å². The fraction of sp³-hybridized carbons (Fsp3) is 0.667. The highest BCUT2D eigenvalue weighted by Crippen LogP contribution is 2.23. The maximum Gasteiger partial charge on any atom is 0.365 e. The Hall–Kier alpha value is -0.940. The smallest absolute Gasteiger partial charge is 0.365 e. The molecule has 0 spiro atoms. The van der Waals surface area contributed by atoms with E-state index in [2.05, 4.69) is 23.7 Å². The predicted octanol–water partition coefficient (Wildman–Crippen LogP) is 2.46. The van der Waals surface area contributed by atoms with Crippen LogP contribution in [0.3, 0.4) is 0 Å². The lowest BCUT2D eigenvalue weighted by Gasteiger charge is -2.36. The van der Waals surface area contributed by atoms with Gasteiger partial charge >= 0.3 is 5.97 Å². The third-order valence-corrected chi connectivity index (χ3v) is 4.23. The minimum Gasteiger partial charge on any atom is -0.476 e. The molecular weight excluding hydrogens is 236 g/mol. The molecule has 0 saturated carbocycles. The number of carboxylic acids is 1. The quantitative estimate of drug-likeness (QED) is 0.900.